The van der Waals surface area contributed by atoms with E-state index in [0.717, 1.165) is 49.1 Å². The van der Waals surface area contributed by atoms with Crippen LogP contribution in [0.4, 0.5) is 0 Å². The van der Waals surface area contributed by atoms with Crippen LogP contribution >= 0.6 is 45.1 Å². The molecule has 0 rings (SSSR count). The van der Waals surface area contributed by atoms with Crippen LogP contribution in [0.1, 0.15) is 12.8 Å². The van der Waals surface area contributed by atoms with Gasteiger partial charge >= 0.3 is 0 Å². The standard InChI is InChI=1S/C11H23ClN2O2S3/c1-16-6-2-7-17-9-4-13-11(15)3-8-18-19-10-5-14-12/h14H,2-10H2,1H3,(H,13,15). The van der Waals surface area contributed by atoms with Gasteiger partial charge in [-0.3, -0.25) is 4.79 Å². The molecule has 0 saturated carbocycles. The first-order valence-electron chi connectivity index (χ1n) is 6.22. The topological polar surface area (TPSA) is 50.4 Å². The zero-order valence-electron chi connectivity index (χ0n) is 11.3. The van der Waals surface area contributed by atoms with Crippen LogP contribution in [0, 0.1) is 0 Å². The van der Waals surface area contributed by atoms with Crippen molar-refractivity contribution < 1.29 is 9.53 Å². The molecule has 0 fully saturated rings. The largest absolute Gasteiger partial charge is 0.385 e. The third-order valence-corrected chi connectivity index (χ3v) is 5.65. The highest BCUT2D eigenvalue weighted by atomic mass is 35.5. The number of halogens is 1. The number of amides is 1. The molecule has 0 bridgehead atoms. The monoisotopic (exact) mass is 346 g/mol. The molecule has 0 unspecified atom stereocenters. The molecule has 19 heavy (non-hydrogen) atoms. The van der Waals surface area contributed by atoms with E-state index < -0.39 is 0 Å². The number of hydrogen-bond donors (Lipinski definition) is 2. The minimum Gasteiger partial charge on any atom is -0.385 e. The Morgan fingerprint density at radius 2 is 1.95 bits per heavy atom. The Morgan fingerprint density at radius 1 is 1.16 bits per heavy atom. The van der Waals surface area contributed by atoms with Gasteiger partial charge in [0.05, 0.1) is 0 Å². The van der Waals surface area contributed by atoms with Crippen molar-refractivity contribution in [2.24, 2.45) is 0 Å². The van der Waals surface area contributed by atoms with E-state index >= 15 is 0 Å². The van der Waals surface area contributed by atoms with Crippen LogP contribution in [-0.2, 0) is 9.53 Å². The van der Waals surface area contributed by atoms with Gasteiger partial charge in [-0.15, -0.1) is 0 Å². The number of carbonyl (C=O) groups is 1. The number of ether oxygens (including phenoxy) is 1. The van der Waals surface area contributed by atoms with Crippen LogP contribution in [0.2, 0.25) is 0 Å². The molecule has 0 aromatic carbocycles. The van der Waals surface area contributed by atoms with Crippen LogP contribution in [-0.4, -0.2) is 55.7 Å². The fourth-order valence-electron chi connectivity index (χ4n) is 1.09. The van der Waals surface area contributed by atoms with Crippen LogP contribution in [0.5, 0.6) is 0 Å². The van der Waals surface area contributed by atoms with Crippen molar-refractivity contribution in [2.75, 3.05) is 49.8 Å². The Kier molecular flexibility index (Phi) is 17.4. The number of nitrogens with one attached hydrogen (secondary N) is 2. The summed E-state index contributed by atoms with van der Waals surface area (Å²) in [5.74, 6) is 4.00. The first kappa shape index (κ1) is 19.7. The molecule has 8 heteroatoms. The molecule has 0 spiro atoms. The fraction of sp³-hybridized carbons (Fsp3) is 0.909. The summed E-state index contributed by atoms with van der Waals surface area (Å²) in [5, 5.41) is 2.93. The summed E-state index contributed by atoms with van der Waals surface area (Å²) in [7, 11) is 5.16. The smallest absolute Gasteiger partial charge is 0.220 e. The van der Waals surface area contributed by atoms with E-state index in [1.165, 1.54) is 0 Å². The Labute approximate surface area is 133 Å². The zero-order valence-corrected chi connectivity index (χ0v) is 14.5. The van der Waals surface area contributed by atoms with Gasteiger partial charge in [-0.25, -0.2) is 4.84 Å². The summed E-state index contributed by atoms with van der Waals surface area (Å²) >= 11 is 7.18. The summed E-state index contributed by atoms with van der Waals surface area (Å²) < 4.78 is 4.97. The minimum atomic E-state index is 0.140. The molecular formula is C11H23ClN2O2S3. The molecule has 0 aromatic rings. The highest BCUT2D eigenvalue weighted by molar-refractivity contribution is 8.76. The SMILES string of the molecule is COCCCSCCNC(=O)CCSSCCNCl. The van der Waals surface area contributed by atoms with Crippen LogP contribution in [0.25, 0.3) is 0 Å². The Bertz CT molecular complexity index is 214. The van der Waals surface area contributed by atoms with Gasteiger partial charge in [-0.05, 0) is 24.0 Å². The molecule has 114 valence electrons. The number of rotatable bonds is 14. The van der Waals surface area contributed by atoms with Gasteiger partial charge < -0.3 is 10.1 Å². The predicted molar refractivity (Wildman–Crippen MR) is 90.2 cm³/mol. The number of hydrogen-bond acceptors (Lipinski definition) is 6. The molecule has 1 amide bonds. The van der Waals surface area contributed by atoms with Crippen molar-refractivity contribution in [3.05, 3.63) is 0 Å². The second-order valence-corrected chi connectivity index (χ2v) is 7.78. The van der Waals surface area contributed by atoms with E-state index in [0.29, 0.717) is 6.42 Å². The van der Waals surface area contributed by atoms with E-state index in [1.807, 2.05) is 11.8 Å². The van der Waals surface area contributed by atoms with E-state index in [-0.39, 0.29) is 5.91 Å². The quantitative estimate of drug-likeness (QED) is 0.286. The van der Waals surface area contributed by atoms with Crippen molar-refractivity contribution in [1.29, 1.82) is 0 Å². The molecule has 0 aliphatic heterocycles. The average Bonchev–Trinajstić information content (AvgIpc) is 2.41. The van der Waals surface area contributed by atoms with Gasteiger partial charge in [0, 0.05) is 50.5 Å². The summed E-state index contributed by atoms with van der Waals surface area (Å²) in [5.41, 5.74) is 0. The van der Waals surface area contributed by atoms with Crippen LogP contribution < -0.4 is 10.2 Å². The maximum absolute atomic E-state index is 11.5. The first-order valence-corrected chi connectivity index (χ1v) is 10.2. The van der Waals surface area contributed by atoms with Crippen molar-refractivity contribution >= 4 is 51.0 Å². The predicted octanol–water partition coefficient (Wildman–Crippen LogP) is 2.39. The molecule has 0 aliphatic rings. The molecule has 0 aromatic heterocycles. The van der Waals surface area contributed by atoms with Gasteiger partial charge in [-0.1, -0.05) is 21.6 Å². The van der Waals surface area contributed by atoms with E-state index in [2.05, 4.69) is 10.2 Å². The maximum atomic E-state index is 11.5. The maximum Gasteiger partial charge on any atom is 0.220 e. The third kappa shape index (κ3) is 16.7. The molecule has 0 heterocycles. The van der Waals surface area contributed by atoms with Crippen molar-refractivity contribution in [3.8, 4) is 0 Å². The third-order valence-electron chi connectivity index (χ3n) is 1.98. The Morgan fingerprint density at radius 3 is 2.68 bits per heavy atom. The lowest BCUT2D eigenvalue weighted by Gasteiger charge is -2.05. The second kappa shape index (κ2) is 16.8. The average molecular weight is 347 g/mol. The Hall–Kier alpha value is 0.730. The van der Waals surface area contributed by atoms with Gasteiger partial charge in [0.1, 0.15) is 0 Å². The Balaban J connectivity index is 3.13. The number of methoxy groups -OCH3 is 1. The fourth-order valence-corrected chi connectivity index (χ4v) is 3.97. The lowest BCUT2D eigenvalue weighted by molar-refractivity contribution is -0.120. The molecule has 0 atom stereocenters. The summed E-state index contributed by atoms with van der Waals surface area (Å²) in [4.78, 5) is 14.0. The summed E-state index contributed by atoms with van der Waals surface area (Å²) in [6.45, 7) is 2.35. The molecule has 4 nitrogen and oxygen atoms in total. The zero-order chi connectivity index (χ0) is 14.2. The molecule has 0 radical (unpaired) electrons. The number of carbonyl (C=O) groups excluding carboxylic acids is 1. The van der Waals surface area contributed by atoms with E-state index in [1.54, 1.807) is 28.7 Å². The summed E-state index contributed by atoms with van der Waals surface area (Å²) in [6.07, 6.45) is 1.65. The van der Waals surface area contributed by atoms with Crippen molar-refractivity contribution in [2.45, 2.75) is 12.8 Å². The molecule has 0 aliphatic carbocycles. The van der Waals surface area contributed by atoms with Crippen LogP contribution in [0.3, 0.4) is 0 Å². The van der Waals surface area contributed by atoms with E-state index in [9.17, 15) is 4.79 Å². The minimum absolute atomic E-state index is 0.140. The lowest BCUT2D eigenvalue weighted by atomic mass is 10.4. The first-order chi connectivity index (χ1) is 9.31. The van der Waals surface area contributed by atoms with E-state index in [4.69, 9.17) is 16.5 Å². The van der Waals surface area contributed by atoms with Gasteiger partial charge in [0.15, 0.2) is 0 Å². The second-order valence-electron chi connectivity index (χ2n) is 3.59. The summed E-state index contributed by atoms with van der Waals surface area (Å²) in [6, 6.07) is 0. The van der Waals surface area contributed by atoms with Crippen molar-refractivity contribution in [3.63, 3.8) is 0 Å². The van der Waals surface area contributed by atoms with Gasteiger partial charge in [-0.2, -0.15) is 11.8 Å². The van der Waals surface area contributed by atoms with Crippen LogP contribution in [0.15, 0.2) is 0 Å². The lowest BCUT2D eigenvalue weighted by Crippen LogP contribution is -2.25. The normalized spacial score (nSPS) is 10.6. The number of thioether (sulfide) groups is 1. The van der Waals surface area contributed by atoms with Gasteiger partial charge in [0.25, 0.3) is 0 Å². The molecule has 2 N–H and O–H groups in total. The van der Waals surface area contributed by atoms with Gasteiger partial charge in [0.2, 0.25) is 5.91 Å². The molecule has 0 saturated heterocycles. The highest BCUT2D eigenvalue weighted by Crippen LogP contribution is 2.20. The molecular weight excluding hydrogens is 324 g/mol. The van der Waals surface area contributed by atoms with Crippen molar-refractivity contribution in [1.82, 2.24) is 10.2 Å². The highest BCUT2D eigenvalue weighted by Gasteiger charge is 2.00.